The summed E-state index contributed by atoms with van der Waals surface area (Å²) in [5.74, 6) is -4.41. The van der Waals surface area contributed by atoms with Crippen molar-refractivity contribution < 1.29 is 26.4 Å². The summed E-state index contributed by atoms with van der Waals surface area (Å²) in [6.45, 7) is 0. The lowest BCUT2D eigenvalue weighted by Gasteiger charge is -2.12. The number of sulfonamides is 1. The first-order valence-electron chi connectivity index (χ1n) is 9.91. The summed E-state index contributed by atoms with van der Waals surface area (Å²) in [6, 6.07) is 7.34. The molecule has 0 aliphatic heterocycles. The summed E-state index contributed by atoms with van der Waals surface area (Å²) in [5, 5.41) is 0.324. The van der Waals surface area contributed by atoms with Gasteiger partial charge in [0.1, 0.15) is 17.3 Å². The van der Waals surface area contributed by atoms with Gasteiger partial charge in [0.2, 0.25) is 5.78 Å². The van der Waals surface area contributed by atoms with Crippen LogP contribution in [0.3, 0.4) is 0 Å². The summed E-state index contributed by atoms with van der Waals surface area (Å²) in [4.78, 5) is 24.6. The van der Waals surface area contributed by atoms with E-state index in [9.17, 15) is 22.0 Å². The van der Waals surface area contributed by atoms with Gasteiger partial charge in [-0.05, 0) is 36.4 Å². The quantitative estimate of drug-likeness (QED) is 0.306. The fourth-order valence-electron chi connectivity index (χ4n) is 3.50. The molecule has 0 aliphatic carbocycles. The maximum Gasteiger partial charge on any atom is 0.262 e. The molecule has 176 valence electrons. The molecular weight excluding hydrogens is 501 g/mol. The Balaban J connectivity index is 1.56. The van der Waals surface area contributed by atoms with Gasteiger partial charge in [0.25, 0.3) is 10.0 Å². The van der Waals surface area contributed by atoms with Crippen molar-refractivity contribution in [2.75, 3.05) is 4.72 Å². The van der Waals surface area contributed by atoms with Crippen LogP contribution in [-0.2, 0) is 10.0 Å². The number of benzene rings is 2. The molecule has 2 aromatic carbocycles. The van der Waals surface area contributed by atoms with Crippen LogP contribution in [0.2, 0.25) is 0 Å². The second kappa shape index (κ2) is 8.64. The van der Waals surface area contributed by atoms with E-state index in [1.54, 1.807) is 24.0 Å². The highest BCUT2D eigenvalue weighted by Crippen LogP contribution is 2.31. The predicted octanol–water partition coefficient (Wildman–Crippen LogP) is 5.14. The lowest BCUT2D eigenvalue weighted by atomic mass is 10.0. The van der Waals surface area contributed by atoms with Crippen LogP contribution in [0.4, 0.5) is 18.9 Å². The van der Waals surface area contributed by atoms with Crippen molar-refractivity contribution in [2.24, 2.45) is 0 Å². The molecule has 0 atom stereocenters. The van der Waals surface area contributed by atoms with E-state index in [-0.39, 0.29) is 5.56 Å². The molecule has 35 heavy (non-hydrogen) atoms. The van der Waals surface area contributed by atoms with E-state index in [2.05, 4.69) is 15.0 Å². The van der Waals surface area contributed by atoms with Crippen molar-refractivity contribution in [3.05, 3.63) is 95.1 Å². The maximum absolute atomic E-state index is 15.3. The number of hydrogen-bond acceptors (Lipinski definition) is 6. The minimum atomic E-state index is -4.42. The lowest BCUT2D eigenvalue weighted by molar-refractivity contribution is 0.103. The standard InChI is InChI=1S/C23H13F3N4O3S2/c24-13-2-1-3-14(7-13)35(32,33)30-18-5-4-17(25)20(21(18)26)22(31)16-9-29-23-15(16)6-12(8-28-23)19-10-27-11-34-19/h1-11,30H,(H,28,29). The van der Waals surface area contributed by atoms with Gasteiger partial charge in [-0.1, -0.05) is 6.07 Å². The molecule has 0 saturated heterocycles. The minimum Gasteiger partial charge on any atom is -0.345 e. The van der Waals surface area contributed by atoms with Gasteiger partial charge in [0.15, 0.2) is 5.82 Å². The number of carbonyl (C=O) groups excluding carboxylic acids is 1. The third-order valence-corrected chi connectivity index (χ3v) is 7.35. The van der Waals surface area contributed by atoms with Gasteiger partial charge >= 0.3 is 0 Å². The van der Waals surface area contributed by atoms with Crippen molar-refractivity contribution in [2.45, 2.75) is 4.90 Å². The van der Waals surface area contributed by atoms with Crippen LogP contribution in [-0.4, -0.2) is 29.2 Å². The fraction of sp³-hybridized carbons (Fsp3) is 0. The van der Waals surface area contributed by atoms with E-state index in [1.165, 1.54) is 23.6 Å². The van der Waals surface area contributed by atoms with Crippen LogP contribution in [0.15, 0.2) is 71.5 Å². The van der Waals surface area contributed by atoms with Crippen LogP contribution in [0.25, 0.3) is 21.5 Å². The Kier molecular flexibility index (Phi) is 5.61. The molecular formula is C23H13F3N4O3S2. The minimum absolute atomic E-state index is 0.0539. The highest BCUT2D eigenvalue weighted by atomic mass is 32.2. The number of H-pyrrole nitrogens is 1. The molecule has 0 amide bonds. The molecule has 0 bridgehead atoms. The smallest absolute Gasteiger partial charge is 0.262 e. The van der Waals surface area contributed by atoms with Gasteiger partial charge in [0, 0.05) is 35.1 Å². The Hall–Kier alpha value is -4.03. The molecule has 0 spiro atoms. The number of ketones is 1. The predicted molar refractivity (Wildman–Crippen MR) is 124 cm³/mol. The Bertz CT molecular complexity index is 1700. The average Bonchev–Trinajstić information content (AvgIpc) is 3.51. The average molecular weight is 515 g/mol. The number of fused-ring (bicyclic) bond motifs is 1. The summed E-state index contributed by atoms with van der Waals surface area (Å²) < 4.78 is 70.6. The van der Waals surface area contributed by atoms with Crippen LogP contribution >= 0.6 is 11.3 Å². The number of thiazole rings is 1. The molecule has 3 heterocycles. The topological polar surface area (TPSA) is 105 Å². The third-order valence-electron chi connectivity index (χ3n) is 5.16. The normalized spacial score (nSPS) is 11.6. The molecule has 12 heteroatoms. The zero-order valence-corrected chi connectivity index (χ0v) is 19.1. The van der Waals surface area contributed by atoms with Gasteiger partial charge in [0.05, 0.1) is 26.5 Å². The summed E-state index contributed by atoms with van der Waals surface area (Å²) in [5.41, 5.74) is 0.943. The first-order chi connectivity index (χ1) is 16.7. The van der Waals surface area contributed by atoms with E-state index in [1.807, 2.05) is 4.72 Å². The number of carbonyl (C=O) groups is 1. The van der Waals surface area contributed by atoms with E-state index in [0.717, 1.165) is 35.2 Å². The monoisotopic (exact) mass is 514 g/mol. The van der Waals surface area contributed by atoms with Gasteiger partial charge in [-0.3, -0.25) is 14.5 Å². The van der Waals surface area contributed by atoms with Gasteiger partial charge in [-0.2, -0.15) is 0 Å². The number of anilines is 1. The van der Waals surface area contributed by atoms with Gasteiger partial charge in [-0.25, -0.2) is 26.6 Å². The van der Waals surface area contributed by atoms with Crippen molar-refractivity contribution in [3.63, 3.8) is 0 Å². The number of rotatable bonds is 6. The van der Waals surface area contributed by atoms with E-state index in [0.29, 0.717) is 16.6 Å². The van der Waals surface area contributed by atoms with Crippen LogP contribution in [0.1, 0.15) is 15.9 Å². The number of nitrogens with one attached hydrogen (secondary N) is 2. The number of hydrogen-bond donors (Lipinski definition) is 2. The number of halogens is 3. The van der Waals surface area contributed by atoms with Crippen molar-refractivity contribution in [1.82, 2.24) is 15.0 Å². The largest absolute Gasteiger partial charge is 0.345 e. The molecule has 3 aromatic heterocycles. The Morgan fingerprint density at radius 3 is 2.63 bits per heavy atom. The number of aromatic amines is 1. The fourth-order valence-corrected chi connectivity index (χ4v) is 5.19. The zero-order valence-electron chi connectivity index (χ0n) is 17.4. The first kappa shape index (κ1) is 22.7. The number of nitrogens with zero attached hydrogens (tertiary/aromatic N) is 2. The molecule has 0 saturated carbocycles. The van der Waals surface area contributed by atoms with E-state index < -0.39 is 49.4 Å². The summed E-state index contributed by atoms with van der Waals surface area (Å²) in [7, 11) is -4.42. The van der Waals surface area contributed by atoms with Gasteiger partial charge in [-0.15, -0.1) is 11.3 Å². The second-order valence-electron chi connectivity index (χ2n) is 7.36. The molecule has 7 nitrogen and oxygen atoms in total. The SMILES string of the molecule is O=C(c1c(F)ccc(NS(=O)(=O)c2cccc(F)c2)c1F)c1c[nH]c2ncc(-c3cncs3)cc12. The van der Waals surface area contributed by atoms with Crippen molar-refractivity contribution in [1.29, 1.82) is 0 Å². The molecule has 0 aliphatic rings. The summed E-state index contributed by atoms with van der Waals surface area (Å²) in [6.07, 6.45) is 4.47. The van der Waals surface area contributed by atoms with E-state index >= 15 is 4.39 Å². The van der Waals surface area contributed by atoms with E-state index in [4.69, 9.17) is 0 Å². The molecule has 0 fully saturated rings. The molecule has 5 rings (SSSR count). The highest BCUT2D eigenvalue weighted by molar-refractivity contribution is 7.92. The highest BCUT2D eigenvalue weighted by Gasteiger charge is 2.26. The van der Waals surface area contributed by atoms with Gasteiger partial charge < -0.3 is 4.98 Å². The number of pyridine rings is 1. The third kappa shape index (κ3) is 4.17. The molecule has 5 aromatic rings. The van der Waals surface area contributed by atoms with Crippen LogP contribution in [0, 0.1) is 17.5 Å². The molecule has 0 radical (unpaired) electrons. The summed E-state index contributed by atoms with van der Waals surface area (Å²) >= 11 is 1.35. The molecule has 2 N–H and O–H groups in total. The maximum atomic E-state index is 15.3. The van der Waals surface area contributed by atoms with Crippen molar-refractivity contribution in [3.8, 4) is 10.4 Å². The number of aromatic nitrogens is 3. The van der Waals surface area contributed by atoms with Crippen LogP contribution < -0.4 is 4.72 Å². The first-order valence-corrected chi connectivity index (χ1v) is 12.3. The lowest BCUT2D eigenvalue weighted by Crippen LogP contribution is -2.16. The molecule has 0 unspecified atom stereocenters. The Morgan fingerprint density at radius 2 is 1.89 bits per heavy atom. The Morgan fingerprint density at radius 1 is 1.06 bits per heavy atom. The zero-order chi connectivity index (χ0) is 24.7. The second-order valence-corrected chi connectivity index (χ2v) is 9.93. The Labute approximate surface area is 200 Å². The van der Waals surface area contributed by atoms with Crippen molar-refractivity contribution >= 4 is 43.9 Å². The van der Waals surface area contributed by atoms with Crippen LogP contribution in [0.5, 0.6) is 0 Å².